The highest BCUT2D eigenvalue weighted by Crippen LogP contribution is 2.26. The number of nitrogens with zero attached hydrogens (tertiary/aromatic N) is 3. The maximum Gasteiger partial charge on any atom is 0.310 e. The molecule has 6 nitrogen and oxygen atoms in total. The molecule has 0 aliphatic carbocycles. The topological polar surface area (TPSA) is 58.2 Å². The molecule has 0 spiro atoms. The summed E-state index contributed by atoms with van der Waals surface area (Å²) < 4.78 is 5.41. The average Bonchev–Trinajstić information content (AvgIpc) is 3.19. The second-order valence-corrected chi connectivity index (χ2v) is 7.77. The number of esters is 1. The van der Waals surface area contributed by atoms with Gasteiger partial charge in [0.25, 0.3) is 0 Å². The number of carbonyl (C=O) groups excluding carboxylic acids is 1. The van der Waals surface area contributed by atoms with Crippen LogP contribution >= 0.6 is 0 Å². The van der Waals surface area contributed by atoms with Crippen LogP contribution in [0, 0.1) is 0 Å². The molecule has 0 saturated carbocycles. The molecule has 1 aliphatic rings. The lowest BCUT2D eigenvalue weighted by atomic mass is 10.1. The molecule has 2 aromatic heterocycles. The van der Waals surface area contributed by atoms with E-state index in [1.807, 2.05) is 0 Å². The zero-order valence-electron chi connectivity index (χ0n) is 15.8. The van der Waals surface area contributed by atoms with Crippen molar-refractivity contribution in [3.05, 3.63) is 23.4 Å². The summed E-state index contributed by atoms with van der Waals surface area (Å²) in [5.74, 6) is 0.659. The van der Waals surface area contributed by atoms with Crippen LogP contribution in [0.5, 0.6) is 0 Å². The van der Waals surface area contributed by atoms with Crippen molar-refractivity contribution in [3.8, 4) is 0 Å². The van der Waals surface area contributed by atoms with Gasteiger partial charge in [0, 0.05) is 29.6 Å². The molecule has 0 atom stereocenters. The van der Waals surface area contributed by atoms with Crippen molar-refractivity contribution in [2.24, 2.45) is 0 Å². The second kappa shape index (κ2) is 7.14. The minimum atomic E-state index is -0.236. The highest BCUT2D eigenvalue weighted by atomic mass is 16.5. The molecule has 3 heterocycles. The van der Waals surface area contributed by atoms with Gasteiger partial charge in [-0.3, -0.25) is 9.28 Å². The predicted molar refractivity (Wildman–Crippen MR) is 101 cm³/mol. The van der Waals surface area contributed by atoms with E-state index in [1.54, 1.807) is 0 Å². The Morgan fingerprint density at radius 3 is 2.64 bits per heavy atom. The predicted octanol–water partition coefficient (Wildman–Crippen LogP) is 2.11. The molecule has 0 amide bonds. The maximum absolute atomic E-state index is 11.8. The average molecular weight is 345 g/mol. The molecule has 1 saturated heterocycles. The Bertz CT molecular complexity index is 755. The van der Waals surface area contributed by atoms with Gasteiger partial charge in [0.2, 0.25) is 5.82 Å². The Kier molecular flexibility index (Phi) is 5.11. The molecule has 1 aliphatic heterocycles. The molecule has 3 rings (SSSR count). The number of hydrogen-bond donors (Lipinski definition) is 1. The SMILES string of the molecule is COC(=O)Cc1cc2cc(CCN3CCCC3)[nH]c2nc1[N+](C)(C)C. The maximum atomic E-state index is 11.8. The van der Waals surface area contributed by atoms with Crippen LogP contribution in [0.25, 0.3) is 11.0 Å². The molecule has 0 radical (unpaired) electrons. The first kappa shape index (κ1) is 17.9. The van der Waals surface area contributed by atoms with E-state index in [9.17, 15) is 4.79 Å². The van der Waals surface area contributed by atoms with Crippen LogP contribution in [0.2, 0.25) is 0 Å². The number of methoxy groups -OCH3 is 1. The Morgan fingerprint density at radius 2 is 2.00 bits per heavy atom. The fraction of sp³-hybridized carbons (Fsp3) is 0.579. The van der Waals surface area contributed by atoms with E-state index in [4.69, 9.17) is 9.72 Å². The van der Waals surface area contributed by atoms with Crippen LogP contribution < -0.4 is 4.48 Å². The fourth-order valence-corrected chi connectivity index (χ4v) is 3.51. The molecule has 136 valence electrons. The summed E-state index contributed by atoms with van der Waals surface area (Å²) in [6.07, 6.45) is 3.89. The molecule has 0 aromatic carbocycles. The Labute approximate surface area is 149 Å². The molecule has 6 heteroatoms. The largest absolute Gasteiger partial charge is 0.469 e. The van der Waals surface area contributed by atoms with E-state index in [2.05, 4.69) is 43.2 Å². The van der Waals surface area contributed by atoms with Gasteiger partial charge < -0.3 is 14.6 Å². The minimum absolute atomic E-state index is 0.236. The van der Waals surface area contributed by atoms with Crippen LogP contribution in [-0.2, 0) is 22.4 Å². The standard InChI is InChI=1S/C19H29N4O2/c1-23(2,3)19-15(13-17(24)25-4)11-14-12-16(20-18(14)21-19)7-10-22-8-5-6-9-22/h11-12H,5-10,13H2,1-4H3,(H,20,21)/q+1. The quantitative estimate of drug-likeness (QED) is 0.643. The summed E-state index contributed by atoms with van der Waals surface area (Å²) in [7, 11) is 7.61. The minimum Gasteiger partial charge on any atom is -0.469 e. The number of fused-ring (bicyclic) bond motifs is 1. The zero-order chi connectivity index (χ0) is 18.0. The van der Waals surface area contributed by atoms with Gasteiger partial charge in [0.15, 0.2) is 0 Å². The van der Waals surface area contributed by atoms with E-state index < -0.39 is 0 Å². The number of aromatic amines is 1. The highest BCUT2D eigenvalue weighted by molar-refractivity contribution is 5.83. The summed E-state index contributed by atoms with van der Waals surface area (Å²) in [5.41, 5.74) is 3.03. The third-order valence-electron chi connectivity index (χ3n) is 4.81. The van der Waals surface area contributed by atoms with Crippen molar-refractivity contribution in [2.75, 3.05) is 47.9 Å². The van der Waals surface area contributed by atoms with Gasteiger partial charge in [0.1, 0.15) is 5.65 Å². The van der Waals surface area contributed by atoms with Gasteiger partial charge in [-0.05, 0) is 38.1 Å². The second-order valence-electron chi connectivity index (χ2n) is 7.77. The first-order chi connectivity index (χ1) is 11.9. The van der Waals surface area contributed by atoms with Crippen molar-refractivity contribution in [1.82, 2.24) is 19.4 Å². The normalized spacial score (nSPS) is 15.8. The van der Waals surface area contributed by atoms with Crippen LogP contribution in [0.3, 0.4) is 0 Å². The number of rotatable bonds is 6. The summed E-state index contributed by atoms with van der Waals surface area (Å²) >= 11 is 0. The zero-order valence-corrected chi connectivity index (χ0v) is 15.8. The molecule has 2 aromatic rings. The van der Waals surface area contributed by atoms with Crippen molar-refractivity contribution < 1.29 is 9.53 Å². The first-order valence-electron chi connectivity index (χ1n) is 8.99. The first-order valence-corrected chi connectivity index (χ1v) is 8.99. The summed E-state index contributed by atoms with van der Waals surface area (Å²) in [5, 5.41) is 1.06. The van der Waals surface area contributed by atoms with Crippen molar-refractivity contribution in [1.29, 1.82) is 0 Å². The third kappa shape index (κ3) is 4.19. The molecule has 1 N–H and O–H groups in total. The van der Waals surface area contributed by atoms with E-state index in [-0.39, 0.29) is 12.4 Å². The monoisotopic (exact) mass is 345 g/mol. The van der Waals surface area contributed by atoms with Gasteiger partial charge in [-0.2, -0.15) is 4.98 Å². The molecule has 25 heavy (non-hydrogen) atoms. The number of hydrogen-bond acceptors (Lipinski definition) is 4. The Hall–Kier alpha value is -1.92. The lowest BCUT2D eigenvalue weighted by Crippen LogP contribution is -2.37. The highest BCUT2D eigenvalue weighted by Gasteiger charge is 2.23. The van der Waals surface area contributed by atoms with Gasteiger partial charge in [-0.1, -0.05) is 0 Å². The molecular formula is C19H29N4O2+. The van der Waals surface area contributed by atoms with Crippen molar-refractivity contribution >= 4 is 22.8 Å². The number of pyridine rings is 1. The van der Waals surface area contributed by atoms with Crippen LogP contribution in [0.1, 0.15) is 24.1 Å². The van der Waals surface area contributed by atoms with Gasteiger partial charge in [0.05, 0.1) is 34.7 Å². The summed E-state index contributed by atoms with van der Waals surface area (Å²) in [4.78, 5) is 22.6. The molecule has 0 unspecified atom stereocenters. The van der Waals surface area contributed by atoms with Gasteiger partial charge in [-0.25, -0.2) is 0 Å². The van der Waals surface area contributed by atoms with E-state index in [0.29, 0.717) is 4.48 Å². The molecule has 0 bridgehead atoms. The third-order valence-corrected chi connectivity index (χ3v) is 4.81. The lowest BCUT2D eigenvalue weighted by molar-refractivity contribution is -0.139. The number of quaternary nitrogens is 1. The van der Waals surface area contributed by atoms with Crippen LogP contribution in [-0.4, -0.2) is 68.7 Å². The number of ether oxygens (including phenoxy) is 1. The number of H-pyrrole nitrogens is 1. The number of carbonyl (C=O) groups is 1. The number of likely N-dealkylation sites (tertiary alicyclic amines) is 1. The van der Waals surface area contributed by atoms with Crippen molar-refractivity contribution in [3.63, 3.8) is 0 Å². The smallest absolute Gasteiger partial charge is 0.310 e. The van der Waals surface area contributed by atoms with E-state index in [1.165, 1.54) is 38.7 Å². The molecule has 1 fully saturated rings. The van der Waals surface area contributed by atoms with Crippen molar-refractivity contribution in [2.45, 2.75) is 25.7 Å². The van der Waals surface area contributed by atoms with Crippen LogP contribution in [0.15, 0.2) is 12.1 Å². The Morgan fingerprint density at radius 1 is 1.28 bits per heavy atom. The Balaban J connectivity index is 1.88. The number of nitrogens with one attached hydrogen (secondary N) is 1. The van der Waals surface area contributed by atoms with Gasteiger partial charge >= 0.3 is 5.97 Å². The number of aromatic nitrogens is 2. The molecular weight excluding hydrogens is 316 g/mol. The summed E-state index contributed by atoms with van der Waals surface area (Å²) in [6.45, 7) is 3.52. The van der Waals surface area contributed by atoms with Crippen LogP contribution in [0.4, 0.5) is 5.82 Å². The van der Waals surface area contributed by atoms with E-state index >= 15 is 0 Å². The van der Waals surface area contributed by atoms with Gasteiger partial charge in [-0.15, -0.1) is 0 Å². The lowest BCUT2D eigenvalue weighted by Gasteiger charge is -2.24. The fourth-order valence-electron chi connectivity index (χ4n) is 3.51. The van der Waals surface area contributed by atoms with E-state index in [0.717, 1.165) is 35.4 Å². The summed E-state index contributed by atoms with van der Waals surface area (Å²) in [6, 6.07) is 4.24.